The van der Waals surface area contributed by atoms with E-state index < -0.39 is 0 Å². The van der Waals surface area contributed by atoms with Gasteiger partial charge in [0.2, 0.25) is 0 Å². The summed E-state index contributed by atoms with van der Waals surface area (Å²) >= 11 is 1.06. The number of carbonyl (C=O) groups excluding carboxylic acids is 1. The lowest BCUT2D eigenvalue weighted by Crippen LogP contribution is -1.98. The van der Waals surface area contributed by atoms with Gasteiger partial charge in [-0.1, -0.05) is 18.2 Å². The third-order valence-corrected chi connectivity index (χ3v) is 1.53. The molecule has 0 amide bonds. The Morgan fingerprint density at radius 1 is 1.36 bits per heavy atom. The maximum atomic E-state index is 10.7. The van der Waals surface area contributed by atoms with Gasteiger partial charge < -0.3 is 4.74 Å². The van der Waals surface area contributed by atoms with Crippen LogP contribution in [0.15, 0.2) is 30.3 Å². The Balaban J connectivity index is 2.58. The third kappa shape index (κ3) is 2.63. The minimum atomic E-state index is -0.281. The van der Waals surface area contributed by atoms with Crippen molar-refractivity contribution in [3.63, 3.8) is 0 Å². The van der Waals surface area contributed by atoms with Crippen molar-refractivity contribution in [1.29, 1.82) is 0 Å². The van der Waals surface area contributed by atoms with Crippen LogP contribution in [0.1, 0.15) is 0 Å². The number of rotatable bonds is 1. The number of carbonyl (C=O) groups is 1. The average molecular weight is 168 g/mol. The summed E-state index contributed by atoms with van der Waals surface area (Å²) < 4.78 is 4.89. The number of hydrogen-bond donors (Lipinski definition) is 0. The molecule has 2 nitrogen and oxygen atoms in total. The van der Waals surface area contributed by atoms with Gasteiger partial charge in [-0.15, -0.1) is 0 Å². The molecule has 0 fully saturated rings. The number of para-hydroxylation sites is 1. The van der Waals surface area contributed by atoms with Crippen molar-refractivity contribution in [1.82, 2.24) is 0 Å². The molecule has 1 rings (SSSR count). The van der Waals surface area contributed by atoms with Crippen molar-refractivity contribution in [3.05, 3.63) is 30.3 Å². The minimum absolute atomic E-state index is 0.281. The summed E-state index contributed by atoms with van der Waals surface area (Å²) in [6, 6.07) is 9.00. The van der Waals surface area contributed by atoms with Gasteiger partial charge in [-0.05, 0) is 30.2 Å². The lowest BCUT2D eigenvalue weighted by atomic mass is 10.3. The van der Waals surface area contributed by atoms with E-state index in [9.17, 15) is 4.79 Å². The fourth-order valence-electron chi connectivity index (χ4n) is 0.626. The van der Waals surface area contributed by atoms with E-state index in [-0.39, 0.29) is 5.30 Å². The first-order chi connectivity index (χ1) is 5.33. The summed E-state index contributed by atoms with van der Waals surface area (Å²) in [7, 11) is 0. The molecule has 0 bridgehead atoms. The van der Waals surface area contributed by atoms with Gasteiger partial charge >= 0.3 is 5.30 Å². The van der Waals surface area contributed by atoms with E-state index in [1.54, 1.807) is 18.4 Å². The van der Waals surface area contributed by atoms with Crippen molar-refractivity contribution in [2.75, 3.05) is 6.26 Å². The Labute approximate surface area is 69.6 Å². The Bertz CT molecular complexity index is 233. The molecule has 1 aromatic carbocycles. The second kappa shape index (κ2) is 4.03. The molecule has 0 saturated carbocycles. The number of ether oxygens (including phenoxy) is 1. The van der Waals surface area contributed by atoms with Crippen molar-refractivity contribution in [2.24, 2.45) is 0 Å². The Morgan fingerprint density at radius 2 is 2.00 bits per heavy atom. The molecule has 58 valence electrons. The zero-order chi connectivity index (χ0) is 8.10. The maximum absolute atomic E-state index is 10.7. The van der Waals surface area contributed by atoms with Gasteiger partial charge in [0, 0.05) is 0 Å². The standard InChI is InChI=1S/C8H8O2S/c1-11-8(9)10-7-5-3-2-4-6-7/h2-6H,1H3. The van der Waals surface area contributed by atoms with Crippen LogP contribution < -0.4 is 4.74 Å². The molecule has 1 aromatic rings. The number of benzene rings is 1. The molecular formula is C8H8O2S. The molecule has 0 heterocycles. The van der Waals surface area contributed by atoms with Gasteiger partial charge in [-0.25, -0.2) is 4.79 Å². The number of hydrogen-bond acceptors (Lipinski definition) is 3. The van der Waals surface area contributed by atoms with Crippen LogP contribution in [-0.4, -0.2) is 11.6 Å². The molecule has 0 aliphatic rings. The van der Waals surface area contributed by atoms with Gasteiger partial charge in [0.25, 0.3) is 0 Å². The Morgan fingerprint density at radius 3 is 2.55 bits per heavy atom. The Kier molecular flexibility index (Phi) is 2.98. The highest BCUT2D eigenvalue weighted by molar-refractivity contribution is 8.12. The molecule has 0 aliphatic heterocycles. The van der Waals surface area contributed by atoms with Gasteiger partial charge in [0.05, 0.1) is 0 Å². The zero-order valence-corrected chi connectivity index (χ0v) is 6.93. The van der Waals surface area contributed by atoms with E-state index in [0.717, 1.165) is 11.8 Å². The van der Waals surface area contributed by atoms with Gasteiger partial charge in [-0.3, -0.25) is 0 Å². The molecule has 3 heteroatoms. The topological polar surface area (TPSA) is 26.3 Å². The maximum Gasteiger partial charge on any atom is 0.372 e. The molecule has 0 spiro atoms. The highest BCUT2D eigenvalue weighted by Crippen LogP contribution is 2.11. The normalized spacial score (nSPS) is 9.18. The lowest BCUT2D eigenvalue weighted by molar-refractivity contribution is 0.227. The fraction of sp³-hybridized carbons (Fsp3) is 0.125. The predicted molar refractivity (Wildman–Crippen MR) is 46.0 cm³/mol. The lowest BCUT2D eigenvalue weighted by Gasteiger charge is -1.99. The van der Waals surface area contributed by atoms with Gasteiger partial charge in [0.15, 0.2) is 0 Å². The molecule has 0 N–H and O–H groups in total. The van der Waals surface area contributed by atoms with Gasteiger partial charge in [0.1, 0.15) is 5.75 Å². The van der Waals surface area contributed by atoms with E-state index in [1.807, 2.05) is 18.2 Å². The van der Waals surface area contributed by atoms with E-state index in [4.69, 9.17) is 4.74 Å². The highest BCUT2D eigenvalue weighted by Gasteiger charge is 1.99. The molecule has 0 unspecified atom stereocenters. The predicted octanol–water partition coefficient (Wildman–Crippen LogP) is 2.55. The van der Waals surface area contributed by atoms with E-state index in [2.05, 4.69) is 0 Å². The van der Waals surface area contributed by atoms with Crippen LogP contribution in [0, 0.1) is 0 Å². The number of thioether (sulfide) groups is 1. The summed E-state index contributed by atoms with van der Waals surface area (Å²) in [4.78, 5) is 10.7. The van der Waals surface area contributed by atoms with Gasteiger partial charge in [-0.2, -0.15) is 0 Å². The largest absolute Gasteiger partial charge is 0.418 e. The monoisotopic (exact) mass is 168 g/mol. The first-order valence-electron chi connectivity index (χ1n) is 3.14. The van der Waals surface area contributed by atoms with Crippen LogP contribution in [-0.2, 0) is 0 Å². The highest BCUT2D eigenvalue weighted by atomic mass is 32.2. The quantitative estimate of drug-likeness (QED) is 0.603. The molecule has 0 atom stereocenters. The van der Waals surface area contributed by atoms with Crippen LogP contribution in [0.5, 0.6) is 5.75 Å². The second-order valence-corrected chi connectivity index (χ2v) is 2.61. The van der Waals surface area contributed by atoms with Crippen LogP contribution in [0.4, 0.5) is 4.79 Å². The van der Waals surface area contributed by atoms with Crippen LogP contribution in [0.2, 0.25) is 0 Å². The van der Waals surface area contributed by atoms with Crippen LogP contribution in [0.25, 0.3) is 0 Å². The Hall–Kier alpha value is -0.960. The molecular weight excluding hydrogens is 160 g/mol. The summed E-state index contributed by atoms with van der Waals surface area (Å²) in [5.74, 6) is 0.590. The SMILES string of the molecule is CSC(=O)Oc1ccccc1. The molecule has 0 saturated heterocycles. The molecule has 11 heavy (non-hydrogen) atoms. The van der Waals surface area contributed by atoms with E-state index in [0.29, 0.717) is 5.75 Å². The van der Waals surface area contributed by atoms with Crippen molar-refractivity contribution in [3.8, 4) is 5.75 Å². The third-order valence-electron chi connectivity index (χ3n) is 1.11. The molecule has 0 radical (unpaired) electrons. The van der Waals surface area contributed by atoms with Crippen molar-refractivity contribution in [2.45, 2.75) is 0 Å². The van der Waals surface area contributed by atoms with Crippen molar-refractivity contribution >= 4 is 17.1 Å². The van der Waals surface area contributed by atoms with Crippen LogP contribution >= 0.6 is 11.8 Å². The second-order valence-electron chi connectivity index (χ2n) is 1.87. The van der Waals surface area contributed by atoms with E-state index in [1.165, 1.54) is 0 Å². The first-order valence-corrected chi connectivity index (χ1v) is 4.36. The molecule has 0 aromatic heterocycles. The zero-order valence-electron chi connectivity index (χ0n) is 6.11. The first kappa shape index (κ1) is 8.14. The van der Waals surface area contributed by atoms with E-state index >= 15 is 0 Å². The van der Waals surface area contributed by atoms with Crippen LogP contribution in [0.3, 0.4) is 0 Å². The summed E-state index contributed by atoms with van der Waals surface area (Å²) in [6.45, 7) is 0. The van der Waals surface area contributed by atoms with Crippen molar-refractivity contribution < 1.29 is 9.53 Å². The minimum Gasteiger partial charge on any atom is -0.418 e. The summed E-state index contributed by atoms with van der Waals surface area (Å²) in [5, 5.41) is -0.281. The fourth-order valence-corrected chi connectivity index (χ4v) is 0.806. The summed E-state index contributed by atoms with van der Waals surface area (Å²) in [5.41, 5.74) is 0. The molecule has 0 aliphatic carbocycles. The smallest absolute Gasteiger partial charge is 0.372 e. The average Bonchev–Trinajstić information content (AvgIpc) is 2.06. The summed E-state index contributed by atoms with van der Waals surface area (Å²) in [6.07, 6.45) is 1.69.